The maximum Gasteiger partial charge on any atom is 0.123 e. The molecule has 2 N–H and O–H groups in total. The molecule has 4 heteroatoms. The fourth-order valence-electron chi connectivity index (χ4n) is 1.59. The lowest BCUT2D eigenvalue weighted by Gasteiger charge is -2.08. The van der Waals surface area contributed by atoms with E-state index >= 15 is 0 Å². The molecule has 18 heavy (non-hydrogen) atoms. The Bertz CT molecular complexity index is 572. The van der Waals surface area contributed by atoms with Gasteiger partial charge in [0.15, 0.2) is 0 Å². The topological polar surface area (TPSA) is 26.0 Å². The number of nitrogen functional groups attached to an aromatic ring is 1. The highest BCUT2D eigenvalue weighted by atomic mass is 79.9. The summed E-state index contributed by atoms with van der Waals surface area (Å²) < 4.78 is 14.1. The average molecular weight is 326 g/mol. The van der Waals surface area contributed by atoms with Crippen molar-refractivity contribution in [2.24, 2.45) is 0 Å². The fourth-order valence-corrected chi connectivity index (χ4v) is 3.31. The lowest BCUT2D eigenvalue weighted by molar-refractivity contribution is 0.626. The quantitative estimate of drug-likeness (QED) is 0.649. The summed E-state index contributed by atoms with van der Waals surface area (Å²) in [6, 6.07) is 10.6. The van der Waals surface area contributed by atoms with Crippen molar-refractivity contribution < 1.29 is 4.39 Å². The van der Waals surface area contributed by atoms with Gasteiger partial charge in [-0.25, -0.2) is 4.39 Å². The van der Waals surface area contributed by atoms with Crippen LogP contribution in [0.25, 0.3) is 0 Å². The summed E-state index contributed by atoms with van der Waals surface area (Å²) in [7, 11) is 0. The smallest absolute Gasteiger partial charge is 0.123 e. The van der Waals surface area contributed by atoms with E-state index in [-0.39, 0.29) is 5.82 Å². The Balaban J connectivity index is 2.13. The number of hydrogen-bond donors (Lipinski definition) is 1. The van der Waals surface area contributed by atoms with E-state index in [0.29, 0.717) is 0 Å². The van der Waals surface area contributed by atoms with Crippen molar-refractivity contribution >= 4 is 33.4 Å². The molecule has 2 aromatic rings. The van der Waals surface area contributed by atoms with E-state index in [9.17, 15) is 4.39 Å². The third-order valence-corrected chi connectivity index (χ3v) is 4.69. The maximum atomic E-state index is 13.2. The number of benzene rings is 2. The minimum atomic E-state index is -0.187. The highest BCUT2D eigenvalue weighted by Crippen LogP contribution is 2.32. The third-order valence-electron chi connectivity index (χ3n) is 2.65. The van der Waals surface area contributed by atoms with Gasteiger partial charge in [-0.15, -0.1) is 11.8 Å². The summed E-state index contributed by atoms with van der Waals surface area (Å²) in [6.45, 7) is 1.99. The molecule has 0 aromatic heterocycles. The first-order valence-corrected chi connectivity index (χ1v) is 7.27. The summed E-state index contributed by atoms with van der Waals surface area (Å²) in [5.41, 5.74) is 8.54. The van der Waals surface area contributed by atoms with Crippen LogP contribution in [-0.4, -0.2) is 0 Å². The molecule has 94 valence electrons. The molecule has 0 unspecified atom stereocenters. The van der Waals surface area contributed by atoms with Crippen LogP contribution in [0.4, 0.5) is 10.1 Å². The zero-order chi connectivity index (χ0) is 13.1. The van der Waals surface area contributed by atoms with Crippen LogP contribution in [0.15, 0.2) is 45.8 Å². The molecule has 0 saturated heterocycles. The molecule has 0 spiro atoms. The monoisotopic (exact) mass is 325 g/mol. The van der Waals surface area contributed by atoms with Gasteiger partial charge < -0.3 is 5.73 Å². The van der Waals surface area contributed by atoms with Crippen molar-refractivity contribution in [2.45, 2.75) is 17.6 Å². The molecule has 2 rings (SSSR count). The molecule has 1 nitrogen and oxygen atoms in total. The van der Waals surface area contributed by atoms with Crippen LogP contribution in [-0.2, 0) is 5.75 Å². The molecule has 0 aliphatic heterocycles. The van der Waals surface area contributed by atoms with Crippen LogP contribution in [0, 0.1) is 12.7 Å². The van der Waals surface area contributed by atoms with Crippen LogP contribution in [0.2, 0.25) is 0 Å². The van der Waals surface area contributed by atoms with E-state index in [2.05, 4.69) is 15.9 Å². The van der Waals surface area contributed by atoms with Gasteiger partial charge in [0, 0.05) is 20.8 Å². The Labute approximate surface area is 119 Å². The molecule has 0 radical (unpaired) electrons. The van der Waals surface area contributed by atoms with Crippen molar-refractivity contribution in [3.63, 3.8) is 0 Å². The standard InChI is InChI=1S/C14H13BrFNS/c1-9-2-3-11(16)6-10(9)8-18-14-5-4-12(17)7-13(14)15/h2-7H,8,17H2,1H3. The fraction of sp³-hybridized carbons (Fsp3) is 0.143. The maximum absolute atomic E-state index is 13.2. The van der Waals surface area contributed by atoms with Crippen LogP contribution in [0.5, 0.6) is 0 Å². The molecule has 0 atom stereocenters. The molecular formula is C14H13BrFNS. The van der Waals surface area contributed by atoms with Crippen molar-refractivity contribution in [3.05, 3.63) is 57.8 Å². The molecule has 0 heterocycles. The Hall–Kier alpha value is -1.00. The second-order valence-corrected chi connectivity index (χ2v) is 5.92. The zero-order valence-corrected chi connectivity index (χ0v) is 12.3. The average Bonchev–Trinajstić information content (AvgIpc) is 2.32. The van der Waals surface area contributed by atoms with E-state index in [1.54, 1.807) is 17.8 Å². The van der Waals surface area contributed by atoms with Crippen LogP contribution in [0.1, 0.15) is 11.1 Å². The molecule has 0 fully saturated rings. The Morgan fingerprint density at radius 3 is 2.72 bits per heavy atom. The number of nitrogens with two attached hydrogens (primary N) is 1. The van der Waals surface area contributed by atoms with Gasteiger partial charge in [-0.2, -0.15) is 0 Å². The number of thioether (sulfide) groups is 1. The van der Waals surface area contributed by atoms with Crippen molar-refractivity contribution in [2.75, 3.05) is 5.73 Å². The predicted octanol–water partition coefficient (Wildman–Crippen LogP) is 4.77. The van der Waals surface area contributed by atoms with E-state index in [0.717, 1.165) is 31.9 Å². The molecule has 0 aliphatic rings. The van der Waals surface area contributed by atoms with Crippen molar-refractivity contribution in [1.29, 1.82) is 0 Å². The summed E-state index contributed by atoms with van der Waals surface area (Å²) >= 11 is 5.14. The zero-order valence-electron chi connectivity index (χ0n) is 9.91. The predicted molar refractivity (Wildman–Crippen MR) is 79.3 cm³/mol. The van der Waals surface area contributed by atoms with E-state index < -0.39 is 0 Å². The van der Waals surface area contributed by atoms with Crippen LogP contribution >= 0.6 is 27.7 Å². The number of rotatable bonds is 3. The van der Waals surface area contributed by atoms with Gasteiger partial charge in [0.1, 0.15) is 5.82 Å². The molecular weight excluding hydrogens is 313 g/mol. The summed E-state index contributed by atoms with van der Waals surface area (Å²) in [6.07, 6.45) is 0. The Morgan fingerprint density at radius 2 is 2.00 bits per heavy atom. The Morgan fingerprint density at radius 1 is 1.22 bits per heavy atom. The third kappa shape index (κ3) is 3.27. The SMILES string of the molecule is Cc1ccc(F)cc1CSc1ccc(N)cc1Br. The molecule has 0 saturated carbocycles. The highest BCUT2D eigenvalue weighted by molar-refractivity contribution is 9.10. The second-order valence-electron chi connectivity index (χ2n) is 4.05. The van der Waals surface area contributed by atoms with E-state index in [1.807, 2.05) is 31.2 Å². The van der Waals surface area contributed by atoms with Gasteiger partial charge in [-0.05, 0) is 64.3 Å². The van der Waals surface area contributed by atoms with Gasteiger partial charge in [-0.1, -0.05) is 6.07 Å². The van der Waals surface area contributed by atoms with Gasteiger partial charge in [0.05, 0.1) is 0 Å². The van der Waals surface area contributed by atoms with Gasteiger partial charge in [0.2, 0.25) is 0 Å². The molecule has 0 aliphatic carbocycles. The normalized spacial score (nSPS) is 10.6. The number of hydrogen-bond acceptors (Lipinski definition) is 2. The summed E-state index contributed by atoms with van der Waals surface area (Å²) in [5.74, 6) is 0.555. The first-order chi connectivity index (χ1) is 8.56. The van der Waals surface area contributed by atoms with Crippen molar-refractivity contribution in [1.82, 2.24) is 0 Å². The largest absolute Gasteiger partial charge is 0.399 e. The lowest BCUT2D eigenvalue weighted by Crippen LogP contribution is -1.89. The van der Waals surface area contributed by atoms with Crippen LogP contribution < -0.4 is 5.73 Å². The number of anilines is 1. The molecule has 0 bridgehead atoms. The minimum absolute atomic E-state index is 0.187. The lowest BCUT2D eigenvalue weighted by atomic mass is 10.1. The van der Waals surface area contributed by atoms with E-state index in [4.69, 9.17) is 5.73 Å². The minimum Gasteiger partial charge on any atom is -0.399 e. The van der Waals surface area contributed by atoms with Gasteiger partial charge in [0.25, 0.3) is 0 Å². The molecule has 2 aromatic carbocycles. The first kappa shape index (κ1) is 13.4. The number of aryl methyl sites for hydroxylation is 1. The molecule has 0 amide bonds. The number of halogens is 2. The van der Waals surface area contributed by atoms with Crippen molar-refractivity contribution in [3.8, 4) is 0 Å². The van der Waals surface area contributed by atoms with E-state index in [1.165, 1.54) is 6.07 Å². The summed E-state index contributed by atoms with van der Waals surface area (Å²) in [5, 5.41) is 0. The Kier molecular flexibility index (Phi) is 4.30. The van der Waals surface area contributed by atoms with Gasteiger partial charge >= 0.3 is 0 Å². The van der Waals surface area contributed by atoms with Gasteiger partial charge in [-0.3, -0.25) is 0 Å². The highest BCUT2D eigenvalue weighted by Gasteiger charge is 2.05. The van der Waals surface area contributed by atoms with Crippen LogP contribution in [0.3, 0.4) is 0 Å². The summed E-state index contributed by atoms with van der Waals surface area (Å²) in [4.78, 5) is 1.10. The second kappa shape index (κ2) is 5.76. The first-order valence-electron chi connectivity index (χ1n) is 5.49.